The topological polar surface area (TPSA) is 76.2 Å². The lowest BCUT2D eigenvalue weighted by Gasteiger charge is -2.24. The Kier molecular flexibility index (Phi) is 7.41. The fourth-order valence-corrected chi connectivity index (χ4v) is 2.56. The molecule has 0 aromatic heterocycles. The van der Waals surface area contributed by atoms with E-state index in [0.717, 1.165) is 16.3 Å². The normalized spacial score (nSPS) is 11.5. The fraction of sp³-hybridized carbons (Fsp3) is 0.348. The highest BCUT2D eigenvalue weighted by Crippen LogP contribution is 2.29. The molecule has 0 aliphatic rings. The lowest BCUT2D eigenvalue weighted by Crippen LogP contribution is -2.35. The molecule has 0 heterocycles. The number of carbonyl (C=O) groups excluding carboxylic acids is 1. The third kappa shape index (κ3) is 6.51. The van der Waals surface area contributed by atoms with E-state index in [4.69, 9.17) is 26.0 Å². The Morgan fingerprint density at radius 1 is 1.27 bits per heavy atom. The third-order valence-electron chi connectivity index (χ3n) is 3.94. The minimum atomic E-state index is -0.590. The largest absolute Gasteiger partial charge is 0.467 e. The summed E-state index contributed by atoms with van der Waals surface area (Å²) in [5.74, 6) is 0.476. The van der Waals surface area contributed by atoms with E-state index in [1.165, 1.54) is 11.0 Å². The summed E-state index contributed by atoms with van der Waals surface area (Å²) in [6, 6.07) is 11.5. The van der Waals surface area contributed by atoms with Crippen molar-refractivity contribution in [3.8, 4) is 11.8 Å². The molecule has 156 valence electrons. The van der Waals surface area contributed by atoms with Gasteiger partial charge in [-0.3, -0.25) is 4.90 Å². The van der Waals surface area contributed by atoms with E-state index >= 15 is 0 Å². The number of nitrogens with zero attached hydrogens (tertiary/aromatic N) is 3. The number of benzene rings is 2. The van der Waals surface area contributed by atoms with Crippen LogP contribution in [-0.2, 0) is 9.47 Å². The molecule has 7 nitrogen and oxygen atoms in total. The number of hydrogen-bond acceptors (Lipinski definition) is 5. The van der Waals surface area contributed by atoms with Crippen LogP contribution in [0.1, 0.15) is 31.9 Å². The van der Waals surface area contributed by atoms with Gasteiger partial charge < -0.3 is 14.2 Å². The number of rotatable bonds is 6. The van der Waals surface area contributed by atoms with Crippen LogP contribution in [0, 0.1) is 24.8 Å². The molecule has 2 aromatic carbocycles. The second kappa shape index (κ2) is 9.78. The predicted octanol–water partition coefficient (Wildman–Crippen LogP) is 5.11. The van der Waals surface area contributed by atoms with Crippen LogP contribution in [0.4, 0.5) is 4.79 Å². The van der Waals surface area contributed by atoms with Gasteiger partial charge in [-0.2, -0.15) is 0 Å². The molecule has 0 unspecified atom stereocenters. The van der Waals surface area contributed by atoms with Gasteiger partial charge in [0.2, 0.25) is 0 Å². The molecule has 0 fully saturated rings. The van der Waals surface area contributed by atoms with Crippen LogP contribution in [-0.4, -0.2) is 37.2 Å². The van der Waals surface area contributed by atoms with Crippen LogP contribution in [0.3, 0.4) is 0 Å². The van der Waals surface area contributed by atoms with Crippen molar-refractivity contribution in [2.75, 3.05) is 20.6 Å². The number of aryl methyl sites for hydroxylation is 1. The number of amides is 1. The van der Waals surface area contributed by atoms with Crippen molar-refractivity contribution in [1.82, 2.24) is 4.90 Å². The molecule has 0 saturated carbocycles. The minimum Gasteiger partial charge on any atom is -0.467 e. The molecule has 0 aliphatic heterocycles. The van der Waals surface area contributed by atoms with Gasteiger partial charge in [0.1, 0.15) is 18.1 Å². The lowest BCUT2D eigenvalue weighted by molar-refractivity contribution is -0.0440. The second-order valence-corrected chi connectivity index (χ2v) is 7.77. The van der Waals surface area contributed by atoms with Gasteiger partial charge in [-0.15, -0.1) is 0 Å². The average Bonchev–Trinajstić information content (AvgIpc) is 2.67. The molecule has 0 spiro atoms. The maximum absolute atomic E-state index is 12.0. The Bertz CT molecular complexity index is 1020. The van der Waals surface area contributed by atoms with E-state index in [-0.39, 0.29) is 19.2 Å². The second-order valence-electron chi connectivity index (χ2n) is 7.77. The quantitative estimate of drug-likeness (QED) is 0.288. The summed E-state index contributed by atoms with van der Waals surface area (Å²) in [5.41, 5.74) is 1.07. The molecule has 0 N–H and O–H groups in total. The average molecular weight is 407 g/mol. The summed E-state index contributed by atoms with van der Waals surface area (Å²) in [7, 11) is 1.57. The van der Waals surface area contributed by atoms with E-state index in [9.17, 15) is 4.79 Å². The maximum atomic E-state index is 12.0. The first kappa shape index (κ1) is 22.7. The SMILES string of the molecule is [C-]#[N+]/C(C#N)=C\c1cc2ccc(C)cc2cc1OCOCN(C)C(=O)OC(C)(C)C. The summed E-state index contributed by atoms with van der Waals surface area (Å²) in [6.45, 7) is 14.3. The van der Waals surface area contributed by atoms with Crippen LogP contribution in [0.15, 0.2) is 36.0 Å². The lowest BCUT2D eigenvalue weighted by atomic mass is 10.0. The van der Waals surface area contributed by atoms with Crippen molar-refractivity contribution in [3.05, 3.63) is 58.6 Å². The van der Waals surface area contributed by atoms with Gasteiger partial charge in [-0.05, 0) is 56.7 Å². The molecule has 2 aromatic rings. The van der Waals surface area contributed by atoms with Crippen LogP contribution >= 0.6 is 0 Å². The third-order valence-corrected chi connectivity index (χ3v) is 3.94. The number of hydrogen-bond donors (Lipinski definition) is 0. The molecule has 2 rings (SSSR count). The molecule has 0 bridgehead atoms. The summed E-state index contributed by atoms with van der Waals surface area (Å²) in [5, 5.41) is 11.0. The Hall–Kier alpha value is -3.55. The zero-order valence-electron chi connectivity index (χ0n) is 17.9. The highest BCUT2D eigenvalue weighted by atomic mass is 16.7. The summed E-state index contributed by atoms with van der Waals surface area (Å²) >= 11 is 0. The highest BCUT2D eigenvalue weighted by Gasteiger charge is 2.19. The van der Waals surface area contributed by atoms with Gasteiger partial charge in [-0.25, -0.2) is 14.9 Å². The van der Waals surface area contributed by atoms with Gasteiger partial charge in [0.05, 0.1) is 12.6 Å². The summed E-state index contributed by atoms with van der Waals surface area (Å²) in [6.07, 6.45) is 0.983. The Morgan fingerprint density at radius 3 is 2.63 bits per heavy atom. The van der Waals surface area contributed by atoms with E-state index in [1.807, 2.05) is 43.3 Å². The van der Waals surface area contributed by atoms with Crippen molar-refractivity contribution in [1.29, 1.82) is 5.26 Å². The number of nitriles is 1. The van der Waals surface area contributed by atoms with Crippen molar-refractivity contribution < 1.29 is 19.0 Å². The number of carbonyl (C=O) groups is 1. The zero-order chi connectivity index (χ0) is 22.3. The standard InChI is InChI=1S/C23H25N3O4/c1-16-7-8-17-10-19(11-20(13-24)25-5)21(12-18(17)9-16)29-15-28-14-26(6)22(27)30-23(2,3)4/h7-12H,14-15H2,1-4,6H3/b20-11-. The molecule has 30 heavy (non-hydrogen) atoms. The van der Waals surface area contributed by atoms with E-state index in [1.54, 1.807) is 27.8 Å². The first-order valence-corrected chi connectivity index (χ1v) is 9.31. The highest BCUT2D eigenvalue weighted by molar-refractivity contribution is 5.88. The number of allylic oxidation sites excluding steroid dienone is 1. The number of ether oxygens (including phenoxy) is 3. The van der Waals surface area contributed by atoms with Crippen LogP contribution in [0.5, 0.6) is 5.75 Å². The monoisotopic (exact) mass is 407 g/mol. The van der Waals surface area contributed by atoms with Crippen molar-refractivity contribution in [3.63, 3.8) is 0 Å². The fourth-order valence-electron chi connectivity index (χ4n) is 2.56. The molecule has 0 aliphatic carbocycles. The smallest absolute Gasteiger partial charge is 0.411 e. The molecular weight excluding hydrogens is 382 g/mol. The Balaban J connectivity index is 2.14. The first-order valence-electron chi connectivity index (χ1n) is 9.31. The van der Waals surface area contributed by atoms with E-state index in [2.05, 4.69) is 4.85 Å². The van der Waals surface area contributed by atoms with Crippen molar-refractivity contribution in [2.45, 2.75) is 33.3 Å². The van der Waals surface area contributed by atoms with Gasteiger partial charge in [0.25, 0.3) is 5.70 Å². The van der Waals surface area contributed by atoms with E-state index < -0.39 is 11.7 Å². The van der Waals surface area contributed by atoms with E-state index in [0.29, 0.717) is 11.3 Å². The predicted molar refractivity (Wildman–Crippen MR) is 114 cm³/mol. The van der Waals surface area contributed by atoms with Gasteiger partial charge in [0.15, 0.2) is 6.79 Å². The molecule has 0 saturated heterocycles. The summed E-state index contributed by atoms with van der Waals surface area (Å²) < 4.78 is 16.4. The maximum Gasteiger partial charge on any atom is 0.411 e. The molecular formula is C23H25N3O4. The molecule has 0 radical (unpaired) electrons. The van der Waals surface area contributed by atoms with Crippen molar-refractivity contribution >= 4 is 22.9 Å². The van der Waals surface area contributed by atoms with Gasteiger partial charge >= 0.3 is 6.09 Å². The molecule has 0 atom stereocenters. The van der Waals surface area contributed by atoms with Crippen molar-refractivity contribution in [2.24, 2.45) is 0 Å². The minimum absolute atomic E-state index is 0.0156. The molecule has 7 heteroatoms. The Morgan fingerprint density at radius 2 is 2.00 bits per heavy atom. The zero-order valence-corrected chi connectivity index (χ0v) is 17.9. The number of fused-ring (bicyclic) bond motifs is 1. The molecule has 1 amide bonds. The first-order chi connectivity index (χ1) is 14.1. The van der Waals surface area contributed by atoms with Crippen LogP contribution < -0.4 is 4.74 Å². The van der Waals surface area contributed by atoms with Gasteiger partial charge in [-0.1, -0.05) is 23.8 Å². The Labute approximate surface area is 176 Å². The summed E-state index contributed by atoms with van der Waals surface area (Å²) in [4.78, 5) is 16.5. The van der Waals surface area contributed by atoms with Crippen LogP contribution in [0.2, 0.25) is 0 Å². The van der Waals surface area contributed by atoms with Gasteiger partial charge in [0, 0.05) is 12.6 Å². The van der Waals surface area contributed by atoms with Crippen LogP contribution in [0.25, 0.3) is 21.7 Å².